The second-order valence-electron chi connectivity index (χ2n) is 7.29. The highest BCUT2D eigenvalue weighted by Gasteiger charge is 2.20. The number of rotatable bonds is 10. The van der Waals surface area contributed by atoms with Crippen LogP contribution in [0.2, 0.25) is 0 Å². The van der Waals surface area contributed by atoms with Crippen molar-refractivity contribution in [1.82, 2.24) is 15.6 Å². The number of nitrogens with one attached hydrogen (secondary N) is 4. The van der Waals surface area contributed by atoms with Crippen LogP contribution in [0.25, 0.3) is 0 Å². The van der Waals surface area contributed by atoms with Crippen molar-refractivity contribution >= 4 is 33.7 Å². The number of aromatic nitrogens is 1. The van der Waals surface area contributed by atoms with Gasteiger partial charge < -0.3 is 25.6 Å². The van der Waals surface area contributed by atoms with Gasteiger partial charge in [-0.1, -0.05) is 12.1 Å². The minimum Gasteiger partial charge on any atom is -0.450 e. The normalized spacial score (nSPS) is 11.5. The van der Waals surface area contributed by atoms with Gasteiger partial charge in [0.15, 0.2) is 0 Å². The van der Waals surface area contributed by atoms with Gasteiger partial charge in [-0.15, -0.1) is 0 Å². The average Bonchev–Trinajstić information content (AvgIpc) is 2.76. The van der Waals surface area contributed by atoms with Crippen molar-refractivity contribution in [3.63, 3.8) is 0 Å². The number of alkyl carbamates (subject to hydrolysis) is 1. The molecule has 6 N–H and O–H groups in total. The number of oxime groups is 1. The van der Waals surface area contributed by atoms with Gasteiger partial charge in [0.2, 0.25) is 11.9 Å². The largest absolute Gasteiger partial charge is 0.450 e. The Labute approximate surface area is 202 Å². The molecule has 1 aromatic heterocycles. The fourth-order valence-corrected chi connectivity index (χ4v) is 4.07. The number of anilines is 1. The minimum absolute atomic E-state index is 0.0118. The number of hydrogen-bond acceptors (Lipinski definition) is 8. The number of guanidine groups is 1. The Morgan fingerprint density at radius 2 is 1.94 bits per heavy atom. The van der Waals surface area contributed by atoms with Crippen molar-refractivity contribution in [3.8, 4) is 0 Å². The monoisotopic (exact) mass is 508 g/mol. The van der Waals surface area contributed by atoms with E-state index in [9.17, 15) is 22.8 Å². The summed E-state index contributed by atoms with van der Waals surface area (Å²) in [7, 11) is -4.06. The lowest BCUT2D eigenvalue weighted by atomic mass is 10.1. The molecule has 2 rings (SSSR count). The van der Waals surface area contributed by atoms with Crippen LogP contribution in [0.15, 0.2) is 45.2 Å². The summed E-state index contributed by atoms with van der Waals surface area (Å²) >= 11 is 0. The second-order valence-corrected chi connectivity index (χ2v) is 8.97. The van der Waals surface area contributed by atoms with Gasteiger partial charge in [0.25, 0.3) is 15.6 Å². The van der Waals surface area contributed by atoms with E-state index < -0.39 is 27.6 Å². The molecule has 2 amide bonds. The molecule has 0 saturated heterocycles. The van der Waals surface area contributed by atoms with Crippen molar-refractivity contribution in [1.29, 1.82) is 0 Å². The molecule has 0 fully saturated rings. The summed E-state index contributed by atoms with van der Waals surface area (Å²) in [6.07, 6.45) is -1.06. The number of benzene rings is 1. The molecular formula is C21H28N6O7S. The van der Waals surface area contributed by atoms with Gasteiger partial charge in [0.05, 0.1) is 24.5 Å². The highest BCUT2D eigenvalue weighted by molar-refractivity contribution is 7.92. The fourth-order valence-electron chi connectivity index (χ4n) is 2.87. The molecule has 0 bridgehead atoms. The van der Waals surface area contributed by atoms with Crippen LogP contribution < -0.4 is 26.6 Å². The van der Waals surface area contributed by atoms with E-state index in [4.69, 9.17) is 10.6 Å². The number of carbonyl (C=O) groups is 2. The fraction of sp³-hybridized carbons (Fsp3) is 0.333. The van der Waals surface area contributed by atoms with Crippen molar-refractivity contribution in [3.05, 3.63) is 57.5 Å². The standard InChI is InChI=1S/C21H28N6O7S/c1-4-33-21(30)25-20(22)26-34-9-8-23-17(28)12-15-11-14(3)24-19(29)18(15)27-35(31,32)16-7-5-6-13(2)10-16/h5-7,10-11,27H,4,8-9,12H2,1-3H3,(H,23,28)(H,24,29)(H3,22,25,26,30). The Morgan fingerprint density at radius 1 is 1.20 bits per heavy atom. The number of aromatic amines is 1. The zero-order valence-corrected chi connectivity index (χ0v) is 20.3. The molecular weight excluding hydrogens is 480 g/mol. The van der Waals surface area contributed by atoms with Crippen LogP contribution >= 0.6 is 0 Å². The van der Waals surface area contributed by atoms with E-state index in [1.807, 2.05) is 0 Å². The average molecular weight is 509 g/mol. The number of aryl methyl sites for hydroxylation is 2. The van der Waals surface area contributed by atoms with E-state index in [2.05, 4.69) is 30.2 Å². The predicted molar refractivity (Wildman–Crippen MR) is 128 cm³/mol. The summed E-state index contributed by atoms with van der Waals surface area (Å²) in [5, 5.41) is 8.14. The quantitative estimate of drug-likeness (QED) is 0.132. The topological polar surface area (TPSA) is 194 Å². The Hall–Kier alpha value is -4.07. The molecule has 190 valence electrons. The number of carbonyl (C=O) groups excluding carboxylic acids is 2. The first-order chi connectivity index (χ1) is 16.5. The molecule has 1 aromatic carbocycles. The van der Waals surface area contributed by atoms with Crippen LogP contribution in [0.4, 0.5) is 10.5 Å². The third kappa shape index (κ3) is 8.66. The smallest absolute Gasteiger partial charge is 0.414 e. The molecule has 14 heteroatoms. The van der Waals surface area contributed by atoms with Gasteiger partial charge in [-0.3, -0.25) is 19.6 Å². The number of nitrogens with two attached hydrogens (primary N) is 1. The minimum atomic E-state index is -4.06. The van der Waals surface area contributed by atoms with Crippen LogP contribution in [0.5, 0.6) is 0 Å². The van der Waals surface area contributed by atoms with Crippen molar-refractivity contribution < 1.29 is 27.6 Å². The molecule has 0 atom stereocenters. The summed E-state index contributed by atoms with van der Waals surface area (Å²) in [6.45, 7) is 5.10. The van der Waals surface area contributed by atoms with E-state index in [0.717, 1.165) is 5.56 Å². The van der Waals surface area contributed by atoms with Crippen molar-refractivity contribution in [2.24, 2.45) is 10.9 Å². The van der Waals surface area contributed by atoms with E-state index in [1.165, 1.54) is 18.2 Å². The summed E-state index contributed by atoms with van der Waals surface area (Å²) in [5.41, 5.74) is 5.90. The SMILES string of the molecule is CCOC(=O)NC(N)=NOCCNC(=O)Cc1cc(C)[nH]c(=O)c1NS(=O)(=O)c1cccc(C)c1. The maximum atomic E-state index is 12.8. The Balaban J connectivity index is 2.01. The second kappa shape index (κ2) is 12.4. The number of nitrogens with zero attached hydrogens (tertiary/aromatic N) is 1. The van der Waals surface area contributed by atoms with Crippen LogP contribution in [0.1, 0.15) is 23.7 Å². The van der Waals surface area contributed by atoms with Gasteiger partial charge in [0, 0.05) is 5.69 Å². The summed E-state index contributed by atoms with van der Waals surface area (Å²) in [5.74, 6) is -0.810. The van der Waals surface area contributed by atoms with Crippen LogP contribution in [-0.4, -0.2) is 51.1 Å². The highest BCUT2D eigenvalue weighted by Crippen LogP contribution is 2.18. The molecule has 0 aliphatic carbocycles. The molecule has 0 aliphatic heterocycles. The Bertz CT molecular complexity index is 1260. The number of ether oxygens (including phenoxy) is 1. The van der Waals surface area contributed by atoms with Crippen molar-refractivity contribution in [2.75, 3.05) is 24.5 Å². The van der Waals surface area contributed by atoms with Crippen LogP contribution in [0, 0.1) is 13.8 Å². The zero-order valence-electron chi connectivity index (χ0n) is 19.5. The number of pyridine rings is 1. The third-order valence-corrected chi connectivity index (χ3v) is 5.67. The zero-order chi connectivity index (χ0) is 26.0. The third-order valence-electron chi connectivity index (χ3n) is 4.32. The molecule has 35 heavy (non-hydrogen) atoms. The summed E-state index contributed by atoms with van der Waals surface area (Å²) < 4.78 is 32.5. The molecule has 0 radical (unpaired) electrons. The molecule has 0 unspecified atom stereocenters. The van der Waals surface area contributed by atoms with Crippen LogP contribution in [-0.2, 0) is 30.8 Å². The number of H-pyrrole nitrogens is 1. The molecule has 0 saturated carbocycles. The number of hydrogen-bond donors (Lipinski definition) is 5. The molecule has 13 nitrogen and oxygen atoms in total. The first-order valence-electron chi connectivity index (χ1n) is 10.5. The van der Waals surface area contributed by atoms with Crippen LogP contribution in [0.3, 0.4) is 0 Å². The maximum Gasteiger partial charge on any atom is 0.414 e. The molecule has 0 aliphatic rings. The lowest BCUT2D eigenvalue weighted by molar-refractivity contribution is -0.120. The summed E-state index contributed by atoms with van der Waals surface area (Å²) in [6, 6.07) is 7.71. The molecule has 2 aromatic rings. The van der Waals surface area contributed by atoms with Gasteiger partial charge in [-0.25, -0.2) is 13.2 Å². The molecule has 1 heterocycles. The first-order valence-corrected chi connectivity index (χ1v) is 12.0. The summed E-state index contributed by atoms with van der Waals surface area (Å²) in [4.78, 5) is 43.5. The number of sulfonamides is 1. The highest BCUT2D eigenvalue weighted by atomic mass is 32.2. The first kappa shape index (κ1) is 27.2. The van der Waals surface area contributed by atoms with Gasteiger partial charge in [-0.05, 0) is 55.3 Å². The maximum absolute atomic E-state index is 12.8. The Kier molecular flexibility index (Phi) is 9.64. The lowest BCUT2D eigenvalue weighted by Crippen LogP contribution is -2.37. The van der Waals surface area contributed by atoms with E-state index in [-0.39, 0.29) is 48.3 Å². The number of amides is 2. The van der Waals surface area contributed by atoms with E-state index in [0.29, 0.717) is 5.69 Å². The van der Waals surface area contributed by atoms with Gasteiger partial charge in [0.1, 0.15) is 12.3 Å². The van der Waals surface area contributed by atoms with Gasteiger partial charge in [-0.2, -0.15) is 0 Å². The van der Waals surface area contributed by atoms with Gasteiger partial charge >= 0.3 is 6.09 Å². The Morgan fingerprint density at radius 3 is 2.63 bits per heavy atom. The molecule has 0 spiro atoms. The van der Waals surface area contributed by atoms with E-state index in [1.54, 1.807) is 32.9 Å². The van der Waals surface area contributed by atoms with E-state index >= 15 is 0 Å². The lowest BCUT2D eigenvalue weighted by Gasteiger charge is -2.13. The predicted octanol–water partition coefficient (Wildman–Crippen LogP) is 0.444. The van der Waals surface area contributed by atoms with Crippen molar-refractivity contribution in [2.45, 2.75) is 32.1 Å².